The Bertz CT molecular complexity index is 431. The fraction of sp³-hybridized carbons (Fsp3) is 0.182. The number of hydrogen-bond donors (Lipinski definition) is 1. The van der Waals surface area contributed by atoms with E-state index in [2.05, 4.69) is 11.4 Å². The van der Waals surface area contributed by atoms with Crippen molar-refractivity contribution < 1.29 is 4.74 Å². The molecule has 0 aliphatic carbocycles. The zero-order valence-corrected chi connectivity index (χ0v) is 8.71. The lowest BCUT2D eigenvalue weighted by atomic mass is 10.2. The molecule has 0 aromatic heterocycles. The maximum Gasteiger partial charge on any atom is 0.205 e. The summed E-state index contributed by atoms with van der Waals surface area (Å²) in [7, 11) is 0. The number of benzene rings is 1. The molecule has 1 aliphatic rings. The van der Waals surface area contributed by atoms with Gasteiger partial charge in [0.15, 0.2) is 0 Å². The van der Waals surface area contributed by atoms with E-state index in [9.17, 15) is 0 Å². The Morgan fingerprint density at radius 1 is 1.33 bits per heavy atom. The average Bonchev–Trinajstić information content (AvgIpc) is 2.69. The van der Waals surface area contributed by atoms with Gasteiger partial charge in [0.05, 0.1) is 12.2 Å². The molecule has 1 heterocycles. The van der Waals surface area contributed by atoms with Gasteiger partial charge in [-0.3, -0.25) is 0 Å². The number of halogens is 1. The van der Waals surface area contributed by atoms with E-state index < -0.39 is 0 Å². The van der Waals surface area contributed by atoms with Crippen LogP contribution in [-0.2, 0) is 4.74 Å². The van der Waals surface area contributed by atoms with E-state index in [1.807, 2.05) is 12.1 Å². The molecule has 76 valence electrons. The number of anilines is 1. The maximum absolute atomic E-state index is 8.81. The van der Waals surface area contributed by atoms with E-state index in [1.54, 1.807) is 12.1 Å². The summed E-state index contributed by atoms with van der Waals surface area (Å²) in [6, 6.07) is 9.36. The molecule has 0 radical (unpaired) electrons. The SMILES string of the molecule is N#CC1=C(Nc2ccc(Cl)cc2)OCC1. The van der Waals surface area contributed by atoms with Crippen molar-refractivity contribution in [2.45, 2.75) is 6.42 Å². The molecule has 0 saturated heterocycles. The number of nitrogens with zero attached hydrogens (tertiary/aromatic N) is 1. The molecule has 1 aromatic carbocycles. The van der Waals surface area contributed by atoms with Crippen LogP contribution in [0.3, 0.4) is 0 Å². The highest BCUT2D eigenvalue weighted by atomic mass is 35.5. The van der Waals surface area contributed by atoms with Gasteiger partial charge in [-0.05, 0) is 24.3 Å². The van der Waals surface area contributed by atoms with Crippen LogP contribution in [-0.4, -0.2) is 6.61 Å². The lowest BCUT2D eigenvalue weighted by Gasteiger charge is -2.07. The standard InChI is InChI=1S/C11H9ClN2O/c12-9-1-3-10(4-2-9)14-11-8(7-13)5-6-15-11/h1-4,14H,5-6H2. The highest BCUT2D eigenvalue weighted by Gasteiger charge is 2.15. The van der Waals surface area contributed by atoms with Gasteiger partial charge in [-0.2, -0.15) is 5.26 Å². The minimum absolute atomic E-state index is 0.555. The van der Waals surface area contributed by atoms with E-state index in [0.29, 0.717) is 29.5 Å². The Hall–Kier alpha value is -1.66. The summed E-state index contributed by atoms with van der Waals surface area (Å²) in [5, 5.41) is 12.5. The largest absolute Gasteiger partial charge is 0.478 e. The molecule has 4 heteroatoms. The van der Waals surface area contributed by atoms with Crippen LogP contribution in [0.25, 0.3) is 0 Å². The molecule has 1 N–H and O–H groups in total. The lowest BCUT2D eigenvalue weighted by Crippen LogP contribution is -2.00. The third-order valence-electron chi connectivity index (χ3n) is 2.11. The predicted octanol–water partition coefficient (Wildman–Crippen LogP) is 2.91. The van der Waals surface area contributed by atoms with Crippen molar-refractivity contribution in [1.29, 1.82) is 5.26 Å². The zero-order valence-electron chi connectivity index (χ0n) is 7.96. The molecule has 0 saturated carbocycles. The molecule has 2 rings (SSSR count). The van der Waals surface area contributed by atoms with Gasteiger partial charge < -0.3 is 10.1 Å². The van der Waals surface area contributed by atoms with E-state index in [-0.39, 0.29) is 0 Å². The van der Waals surface area contributed by atoms with Crippen LogP contribution < -0.4 is 5.32 Å². The molecular weight excluding hydrogens is 212 g/mol. The van der Waals surface area contributed by atoms with Crippen molar-refractivity contribution in [2.75, 3.05) is 11.9 Å². The Kier molecular flexibility index (Phi) is 2.79. The van der Waals surface area contributed by atoms with Crippen molar-refractivity contribution in [1.82, 2.24) is 0 Å². The molecule has 0 spiro atoms. The second-order valence-electron chi connectivity index (χ2n) is 3.15. The smallest absolute Gasteiger partial charge is 0.205 e. The van der Waals surface area contributed by atoms with Gasteiger partial charge in [-0.25, -0.2) is 0 Å². The van der Waals surface area contributed by atoms with Crippen molar-refractivity contribution >= 4 is 17.3 Å². The van der Waals surface area contributed by atoms with Crippen LogP contribution >= 0.6 is 11.6 Å². The summed E-state index contributed by atoms with van der Waals surface area (Å²) in [6.45, 7) is 0.568. The van der Waals surface area contributed by atoms with Crippen molar-refractivity contribution in [3.05, 3.63) is 40.7 Å². The summed E-state index contributed by atoms with van der Waals surface area (Å²) >= 11 is 5.76. The van der Waals surface area contributed by atoms with Crippen LogP contribution in [0, 0.1) is 11.3 Å². The average molecular weight is 221 g/mol. The fourth-order valence-corrected chi connectivity index (χ4v) is 1.46. The van der Waals surface area contributed by atoms with Gasteiger partial charge in [-0.1, -0.05) is 11.6 Å². The summed E-state index contributed by atoms with van der Waals surface area (Å²) in [5.74, 6) is 0.555. The Labute approximate surface area is 92.9 Å². The van der Waals surface area contributed by atoms with Crippen LogP contribution in [0.2, 0.25) is 5.02 Å². The summed E-state index contributed by atoms with van der Waals surface area (Å²) in [5.41, 5.74) is 1.52. The first-order valence-corrected chi connectivity index (χ1v) is 4.96. The molecule has 1 aromatic rings. The summed E-state index contributed by atoms with van der Waals surface area (Å²) < 4.78 is 5.30. The molecule has 3 nitrogen and oxygen atoms in total. The van der Waals surface area contributed by atoms with E-state index in [0.717, 1.165) is 5.69 Å². The number of nitrogens with one attached hydrogen (secondary N) is 1. The molecule has 0 amide bonds. The van der Waals surface area contributed by atoms with E-state index in [1.165, 1.54) is 0 Å². The Morgan fingerprint density at radius 3 is 2.73 bits per heavy atom. The number of hydrogen-bond acceptors (Lipinski definition) is 3. The molecular formula is C11H9ClN2O. The number of nitriles is 1. The fourth-order valence-electron chi connectivity index (χ4n) is 1.34. The zero-order chi connectivity index (χ0) is 10.7. The maximum atomic E-state index is 8.81. The van der Waals surface area contributed by atoms with Crippen LogP contribution in [0.5, 0.6) is 0 Å². The van der Waals surface area contributed by atoms with Gasteiger partial charge in [0.2, 0.25) is 5.88 Å². The topological polar surface area (TPSA) is 45.0 Å². The van der Waals surface area contributed by atoms with Crippen LogP contribution in [0.15, 0.2) is 35.7 Å². The first kappa shape index (κ1) is 9.88. The monoisotopic (exact) mass is 220 g/mol. The molecule has 0 atom stereocenters. The predicted molar refractivity (Wildman–Crippen MR) is 58.3 cm³/mol. The van der Waals surface area contributed by atoms with Crippen molar-refractivity contribution in [3.63, 3.8) is 0 Å². The molecule has 0 fully saturated rings. The second kappa shape index (κ2) is 4.24. The van der Waals surface area contributed by atoms with Crippen LogP contribution in [0.1, 0.15) is 6.42 Å². The van der Waals surface area contributed by atoms with Crippen molar-refractivity contribution in [2.24, 2.45) is 0 Å². The number of rotatable bonds is 2. The van der Waals surface area contributed by atoms with E-state index >= 15 is 0 Å². The van der Waals surface area contributed by atoms with E-state index in [4.69, 9.17) is 21.6 Å². The van der Waals surface area contributed by atoms with Gasteiger partial charge in [0, 0.05) is 17.1 Å². The Balaban J connectivity index is 2.16. The van der Waals surface area contributed by atoms with Crippen molar-refractivity contribution in [3.8, 4) is 6.07 Å². The highest BCUT2D eigenvalue weighted by Crippen LogP contribution is 2.21. The van der Waals surface area contributed by atoms with Gasteiger partial charge >= 0.3 is 0 Å². The highest BCUT2D eigenvalue weighted by molar-refractivity contribution is 6.30. The minimum atomic E-state index is 0.555. The second-order valence-corrected chi connectivity index (χ2v) is 3.59. The third-order valence-corrected chi connectivity index (χ3v) is 2.36. The summed E-state index contributed by atoms with van der Waals surface area (Å²) in [4.78, 5) is 0. The molecule has 1 aliphatic heterocycles. The normalized spacial score (nSPS) is 14.7. The lowest BCUT2D eigenvalue weighted by molar-refractivity contribution is 0.250. The first-order valence-electron chi connectivity index (χ1n) is 4.58. The minimum Gasteiger partial charge on any atom is -0.478 e. The van der Waals surface area contributed by atoms with Gasteiger partial charge in [-0.15, -0.1) is 0 Å². The Morgan fingerprint density at radius 2 is 2.07 bits per heavy atom. The van der Waals surface area contributed by atoms with Gasteiger partial charge in [0.1, 0.15) is 6.07 Å². The third kappa shape index (κ3) is 2.23. The first-order chi connectivity index (χ1) is 7.29. The molecule has 0 bridgehead atoms. The molecule has 0 unspecified atom stereocenters. The number of ether oxygens (including phenoxy) is 1. The van der Waals surface area contributed by atoms with Crippen LogP contribution in [0.4, 0.5) is 5.69 Å². The quantitative estimate of drug-likeness (QED) is 0.834. The summed E-state index contributed by atoms with van der Waals surface area (Å²) in [6.07, 6.45) is 0.673. The van der Waals surface area contributed by atoms with Gasteiger partial charge in [0.25, 0.3) is 0 Å². The molecule has 15 heavy (non-hydrogen) atoms.